The molecule has 4 heteroatoms. The quantitative estimate of drug-likeness (QED) is 0.802. The minimum atomic E-state index is -1.37. The van der Waals surface area contributed by atoms with Gasteiger partial charge < -0.3 is 10.0 Å². The fraction of sp³-hybridized carbons (Fsp3) is 0.400. The maximum Gasteiger partial charge on any atom is 0.488 e. The normalized spacial score (nSPS) is 10.3. The van der Waals surface area contributed by atoms with Crippen molar-refractivity contribution in [3.63, 3.8) is 0 Å². The molecule has 0 radical (unpaired) electrons. The van der Waals surface area contributed by atoms with E-state index in [-0.39, 0.29) is 0 Å². The summed E-state index contributed by atoms with van der Waals surface area (Å²) in [5.41, 5.74) is 1.69. The van der Waals surface area contributed by atoms with Gasteiger partial charge in [-0.15, -0.1) is 0 Å². The molecule has 1 aromatic rings. The number of unbranched alkanes of at least 4 members (excludes halogenated alkanes) is 1. The Balaban J connectivity index is 2.85. The van der Waals surface area contributed by atoms with Gasteiger partial charge in [0, 0.05) is 4.47 Å². The van der Waals surface area contributed by atoms with Crippen LogP contribution in [0.15, 0.2) is 22.7 Å². The Morgan fingerprint density at radius 2 is 2.07 bits per heavy atom. The van der Waals surface area contributed by atoms with Gasteiger partial charge in [0.1, 0.15) is 0 Å². The van der Waals surface area contributed by atoms with Crippen LogP contribution in [0.5, 0.6) is 0 Å². The Morgan fingerprint density at radius 3 is 2.64 bits per heavy atom. The molecule has 0 aromatic heterocycles. The molecule has 0 aliphatic carbocycles. The van der Waals surface area contributed by atoms with Gasteiger partial charge in [0.25, 0.3) is 0 Å². The van der Waals surface area contributed by atoms with E-state index in [2.05, 4.69) is 22.9 Å². The summed E-state index contributed by atoms with van der Waals surface area (Å²) < 4.78 is 1.04. The monoisotopic (exact) mass is 256 g/mol. The number of rotatable bonds is 4. The van der Waals surface area contributed by atoms with Crippen LogP contribution in [0.2, 0.25) is 0 Å². The Morgan fingerprint density at radius 1 is 1.36 bits per heavy atom. The number of hydrogen-bond acceptors (Lipinski definition) is 2. The SMILES string of the molecule is CCCCc1cc(B(O)O)ccc1Br. The first-order valence-electron chi connectivity index (χ1n) is 4.79. The highest BCUT2D eigenvalue weighted by Crippen LogP contribution is 2.17. The van der Waals surface area contributed by atoms with Crippen LogP contribution in [-0.4, -0.2) is 17.2 Å². The molecule has 2 nitrogen and oxygen atoms in total. The molecule has 1 aromatic carbocycles. The lowest BCUT2D eigenvalue weighted by molar-refractivity contribution is 0.425. The average molecular weight is 257 g/mol. The molecule has 0 spiro atoms. The van der Waals surface area contributed by atoms with Crippen LogP contribution in [-0.2, 0) is 6.42 Å². The molecule has 0 saturated heterocycles. The Hall–Kier alpha value is -0.315. The highest BCUT2D eigenvalue weighted by Gasteiger charge is 2.12. The predicted molar refractivity (Wildman–Crippen MR) is 62.6 cm³/mol. The van der Waals surface area contributed by atoms with E-state index < -0.39 is 7.12 Å². The molecule has 0 heterocycles. The maximum absolute atomic E-state index is 9.00. The highest BCUT2D eigenvalue weighted by atomic mass is 79.9. The van der Waals surface area contributed by atoms with Gasteiger partial charge in [0.05, 0.1) is 0 Å². The fourth-order valence-corrected chi connectivity index (χ4v) is 1.76. The summed E-state index contributed by atoms with van der Waals surface area (Å²) in [6, 6.07) is 5.41. The van der Waals surface area contributed by atoms with Crippen LogP contribution >= 0.6 is 15.9 Å². The predicted octanol–water partition coefficient (Wildman–Crippen LogP) is 1.47. The highest BCUT2D eigenvalue weighted by molar-refractivity contribution is 9.10. The van der Waals surface area contributed by atoms with Crippen molar-refractivity contribution in [1.82, 2.24) is 0 Å². The topological polar surface area (TPSA) is 40.5 Å². The van der Waals surface area contributed by atoms with Crippen molar-refractivity contribution < 1.29 is 10.0 Å². The molecule has 1 rings (SSSR count). The second-order valence-corrected chi connectivity index (χ2v) is 4.18. The zero-order chi connectivity index (χ0) is 10.6. The number of hydrogen-bond donors (Lipinski definition) is 2. The van der Waals surface area contributed by atoms with Crippen LogP contribution in [0.4, 0.5) is 0 Å². The Kier molecular flexibility index (Phi) is 4.65. The van der Waals surface area contributed by atoms with E-state index in [1.54, 1.807) is 6.07 Å². The first-order chi connectivity index (χ1) is 6.65. The molecule has 2 N–H and O–H groups in total. The van der Waals surface area contributed by atoms with Gasteiger partial charge in [0.2, 0.25) is 0 Å². The Bertz CT molecular complexity index is 302. The van der Waals surface area contributed by atoms with E-state index in [0.717, 1.165) is 29.3 Å². The minimum Gasteiger partial charge on any atom is -0.423 e. The fourth-order valence-electron chi connectivity index (χ4n) is 1.31. The van der Waals surface area contributed by atoms with Crippen molar-refractivity contribution in [2.45, 2.75) is 26.2 Å². The molecule has 0 aliphatic heterocycles. The van der Waals surface area contributed by atoms with Gasteiger partial charge >= 0.3 is 7.12 Å². The summed E-state index contributed by atoms with van der Waals surface area (Å²) in [7, 11) is -1.37. The molecule has 0 atom stereocenters. The van der Waals surface area contributed by atoms with Gasteiger partial charge in [-0.2, -0.15) is 0 Å². The summed E-state index contributed by atoms with van der Waals surface area (Å²) in [4.78, 5) is 0. The first-order valence-corrected chi connectivity index (χ1v) is 5.59. The van der Waals surface area contributed by atoms with E-state index in [1.807, 2.05) is 12.1 Å². The molecule has 76 valence electrons. The third-order valence-corrected chi connectivity index (χ3v) is 2.94. The zero-order valence-corrected chi connectivity index (χ0v) is 9.79. The van der Waals surface area contributed by atoms with Gasteiger partial charge in [0.15, 0.2) is 0 Å². The molecular formula is C10H14BBrO2. The van der Waals surface area contributed by atoms with Crippen molar-refractivity contribution in [2.24, 2.45) is 0 Å². The van der Waals surface area contributed by atoms with E-state index in [0.29, 0.717) is 5.46 Å². The summed E-state index contributed by atoms with van der Waals surface area (Å²) in [5.74, 6) is 0. The first kappa shape index (κ1) is 11.8. The van der Waals surface area contributed by atoms with Gasteiger partial charge in [-0.25, -0.2) is 0 Å². The summed E-state index contributed by atoms with van der Waals surface area (Å²) in [6.07, 6.45) is 3.22. The lowest BCUT2D eigenvalue weighted by atomic mass is 9.79. The number of halogens is 1. The van der Waals surface area contributed by atoms with Crippen molar-refractivity contribution in [3.8, 4) is 0 Å². The lowest BCUT2D eigenvalue weighted by Gasteiger charge is -2.06. The van der Waals surface area contributed by atoms with Crippen molar-refractivity contribution in [3.05, 3.63) is 28.2 Å². The molecule has 14 heavy (non-hydrogen) atoms. The molecule has 0 fully saturated rings. The van der Waals surface area contributed by atoms with Crippen LogP contribution < -0.4 is 5.46 Å². The molecule has 0 unspecified atom stereocenters. The minimum absolute atomic E-state index is 0.555. The third kappa shape index (κ3) is 3.12. The Labute approximate surface area is 93.2 Å². The van der Waals surface area contributed by atoms with Gasteiger partial charge in [-0.1, -0.05) is 41.4 Å². The number of benzene rings is 1. The average Bonchev–Trinajstić information content (AvgIpc) is 2.16. The maximum atomic E-state index is 9.00. The lowest BCUT2D eigenvalue weighted by Crippen LogP contribution is -2.30. The molecule has 0 aliphatic rings. The summed E-state index contributed by atoms with van der Waals surface area (Å²) in [5, 5.41) is 18.0. The third-order valence-electron chi connectivity index (χ3n) is 2.17. The molecule has 0 saturated carbocycles. The van der Waals surface area contributed by atoms with Crippen molar-refractivity contribution >= 4 is 28.5 Å². The molecular weight excluding hydrogens is 243 g/mol. The van der Waals surface area contributed by atoms with Crippen molar-refractivity contribution in [2.75, 3.05) is 0 Å². The van der Waals surface area contributed by atoms with Gasteiger partial charge in [-0.05, 0) is 29.9 Å². The largest absolute Gasteiger partial charge is 0.488 e. The molecule has 0 bridgehead atoms. The van der Waals surface area contributed by atoms with E-state index in [4.69, 9.17) is 10.0 Å². The zero-order valence-electron chi connectivity index (χ0n) is 8.20. The number of aryl methyl sites for hydroxylation is 1. The van der Waals surface area contributed by atoms with Crippen LogP contribution in [0, 0.1) is 0 Å². The van der Waals surface area contributed by atoms with Crippen LogP contribution in [0.25, 0.3) is 0 Å². The van der Waals surface area contributed by atoms with E-state index >= 15 is 0 Å². The smallest absolute Gasteiger partial charge is 0.423 e. The van der Waals surface area contributed by atoms with E-state index in [9.17, 15) is 0 Å². The van der Waals surface area contributed by atoms with Crippen LogP contribution in [0.1, 0.15) is 25.3 Å². The summed E-state index contributed by atoms with van der Waals surface area (Å²) in [6.45, 7) is 2.14. The van der Waals surface area contributed by atoms with E-state index in [1.165, 1.54) is 0 Å². The standard InChI is InChI=1S/C10H14BBrO2/c1-2-3-4-8-7-9(11(13)14)5-6-10(8)12/h5-7,13-14H,2-4H2,1H3. The second-order valence-electron chi connectivity index (χ2n) is 3.33. The van der Waals surface area contributed by atoms with Gasteiger partial charge in [-0.3, -0.25) is 0 Å². The van der Waals surface area contributed by atoms with Crippen molar-refractivity contribution in [1.29, 1.82) is 0 Å². The summed E-state index contributed by atoms with van der Waals surface area (Å²) >= 11 is 3.45. The van der Waals surface area contributed by atoms with Crippen LogP contribution in [0.3, 0.4) is 0 Å². The molecule has 0 amide bonds. The second kappa shape index (κ2) is 5.54.